The lowest BCUT2D eigenvalue weighted by atomic mass is 9.99. The molecule has 0 fully saturated rings. The highest BCUT2D eigenvalue weighted by Gasteiger charge is 2.21. The van der Waals surface area contributed by atoms with E-state index in [1.165, 1.54) is 21.5 Å². The quantitative estimate of drug-likeness (QED) is 0.158. The van der Waals surface area contributed by atoms with Gasteiger partial charge in [-0.15, -0.1) is 0 Å². The van der Waals surface area contributed by atoms with Gasteiger partial charge in [-0.1, -0.05) is 133 Å². The van der Waals surface area contributed by atoms with Crippen molar-refractivity contribution < 1.29 is 0 Å². The Labute approximate surface area is 430 Å². The second kappa shape index (κ2) is 17.2. The highest BCUT2D eigenvalue weighted by atomic mass is 15.0. The predicted molar refractivity (Wildman–Crippen MR) is 301 cm³/mol. The van der Waals surface area contributed by atoms with E-state index in [0.29, 0.717) is 45.0 Å². The average Bonchev–Trinajstić information content (AvgIpc) is 4.12. The second-order valence-corrected chi connectivity index (χ2v) is 18.7. The minimum Gasteiger partial charge on any atom is -0.309 e. The van der Waals surface area contributed by atoms with Crippen LogP contribution in [0, 0.1) is 34.0 Å². The third kappa shape index (κ3) is 6.81. The summed E-state index contributed by atoms with van der Waals surface area (Å²) in [5.74, 6) is 0.390. The molecular formula is C67H38N8. The fourth-order valence-corrected chi connectivity index (χ4v) is 11.2. The number of fused-ring (bicyclic) bond motifs is 9. The topological polar surface area (TPSA) is 112 Å². The molecule has 0 aliphatic heterocycles. The molecule has 0 unspecified atom stereocenters. The molecule has 0 radical (unpaired) electrons. The lowest BCUT2D eigenvalue weighted by Gasteiger charge is -2.14. The molecule has 0 saturated carbocycles. The highest BCUT2D eigenvalue weighted by Crippen LogP contribution is 2.41. The number of hydrogen-bond donors (Lipinski definition) is 0. The van der Waals surface area contributed by atoms with Crippen molar-refractivity contribution in [1.82, 2.24) is 23.7 Å². The van der Waals surface area contributed by atoms with E-state index in [0.717, 1.165) is 77.6 Å². The smallest absolute Gasteiger partial charge is 0.161 e. The molecule has 8 nitrogen and oxygen atoms in total. The third-order valence-corrected chi connectivity index (χ3v) is 14.6. The van der Waals surface area contributed by atoms with Gasteiger partial charge in [0.05, 0.1) is 79.0 Å². The van der Waals surface area contributed by atoms with E-state index < -0.39 is 0 Å². The van der Waals surface area contributed by atoms with Gasteiger partial charge in [0.15, 0.2) is 5.82 Å². The van der Waals surface area contributed by atoms with Crippen molar-refractivity contribution in [2.24, 2.45) is 0 Å². The summed E-state index contributed by atoms with van der Waals surface area (Å²) in [5, 5.41) is 38.0. The molecule has 4 heterocycles. The van der Waals surface area contributed by atoms with Gasteiger partial charge in [0, 0.05) is 60.4 Å². The van der Waals surface area contributed by atoms with Gasteiger partial charge in [-0.2, -0.15) is 15.8 Å². The van der Waals surface area contributed by atoms with Crippen molar-refractivity contribution >= 4 is 65.4 Å². The Morgan fingerprint density at radius 2 is 0.707 bits per heavy atom. The number of para-hydroxylation sites is 4. The summed E-state index contributed by atoms with van der Waals surface area (Å²) in [6, 6.07) is 85.6. The zero-order chi connectivity index (χ0) is 50.1. The van der Waals surface area contributed by atoms with Crippen LogP contribution in [0.25, 0.3) is 128 Å². The average molecular weight is 955 g/mol. The zero-order valence-corrected chi connectivity index (χ0v) is 40.0. The second-order valence-electron chi connectivity index (χ2n) is 18.7. The summed E-state index contributed by atoms with van der Waals surface area (Å²) in [6.45, 7) is 0. The van der Waals surface area contributed by atoms with Crippen LogP contribution in [-0.4, -0.2) is 23.7 Å². The SMILES string of the molecule is N#Cc1ccccc1-c1cc(-c2ccc(-c3ccc(-n4c5ccc(-n6c7ccccc7c7ccccc76)cc5c5cc(-n6c7ccccc7c7ccccc76)ccc54)c(C#N)c3)cc2)nc(-c2ccccc2C#N)n1. The monoisotopic (exact) mass is 954 g/mol. The molecule has 0 spiro atoms. The van der Waals surface area contributed by atoms with Gasteiger partial charge in [0.25, 0.3) is 0 Å². The number of rotatable bonds is 7. The van der Waals surface area contributed by atoms with E-state index in [1.54, 1.807) is 12.1 Å². The molecule has 8 heteroatoms. The Bertz CT molecular complexity index is 4460. The summed E-state index contributed by atoms with van der Waals surface area (Å²) in [7, 11) is 0. The Morgan fingerprint density at radius 1 is 0.293 bits per heavy atom. The van der Waals surface area contributed by atoms with Gasteiger partial charge in [0.2, 0.25) is 0 Å². The molecule has 0 bridgehead atoms. The van der Waals surface area contributed by atoms with E-state index in [9.17, 15) is 15.8 Å². The minimum atomic E-state index is 0.390. The van der Waals surface area contributed by atoms with E-state index in [-0.39, 0.29) is 0 Å². The molecular weight excluding hydrogens is 917 g/mol. The number of nitriles is 3. The normalized spacial score (nSPS) is 11.4. The van der Waals surface area contributed by atoms with Crippen LogP contribution in [0.3, 0.4) is 0 Å². The zero-order valence-electron chi connectivity index (χ0n) is 40.0. The molecule has 4 aromatic heterocycles. The van der Waals surface area contributed by atoms with Gasteiger partial charge in [-0.25, -0.2) is 9.97 Å². The number of nitrogens with zero attached hydrogens (tertiary/aromatic N) is 8. The maximum absolute atomic E-state index is 11.1. The van der Waals surface area contributed by atoms with Crippen LogP contribution in [0.1, 0.15) is 16.7 Å². The van der Waals surface area contributed by atoms with Crippen LogP contribution in [-0.2, 0) is 0 Å². The van der Waals surface area contributed by atoms with Crippen LogP contribution >= 0.6 is 0 Å². The maximum Gasteiger partial charge on any atom is 0.161 e. The fraction of sp³-hybridized carbons (Fsp3) is 0. The molecule has 10 aromatic carbocycles. The molecule has 0 amide bonds. The number of benzene rings is 10. The van der Waals surface area contributed by atoms with Crippen molar-refractivity contribution in [3.05, 3.63) is 247 Å². The predicted octanol–water partition coefficient (Wildman–Crippen LogP) is 16.1. The first-order valence-electron chi connectivity index (χ1n) is 24.7. The van der Waals surface area contributed by atoms with Gasteiger partial charge in [-0.3, -0.25) is 0 Å². The fourth-order valence-electron chi connectivity index (χ4n) is 11.2. The van der Waals surface area contributed by atoms with Gasteiger partial charge < -0.3 is 13.7 Å². The molecule has 0 saturated heterocycles. The Hall–Kier alpha value is -10.9. The number of aromatic nitrogens is 5. The van der Waals surface area contributed by atoms with Crippen LogP contribution in [0.2, 0.25) is 0 Å². The van der Waals surface area contributed by atoms with Crippen molar-refractivity contribution in [2.45, 2.75) is 0 Å². The molecule has 0 atom stereocenters. The van der Waals surface area contributed by atoms with E-state index in [4.69, 9.17) is 9.97 Å². The number of hydrogen-bond acceptors (Lipinski definition) is 5. The van der Waals surface area contributed by atoms with Gasteiger partial charge >= 0.3 is 0 Å². The lowest BCUT2D eigenvalue weighted by molar-refractivity contribution is 1.15. The van der Waals surface area contributed by atoms with Crippen LogP contribution < -0.4 is 0 Å². The molecule has 0 aliphatic carbocycles. The highest BCUT2D eigenvalue weighted by molar-refractivity contribution is 6.14. The van der Waals surface area contributed by atoms with Crippen molar-refractivity contribution in [3.8, 4) is 80.3 Å². The first-order valence-corrected chi connectivity index (χ1v) is 24.7. The molecule has 0 aliphatic rings. The van der Waals surface area contributed by atoms with Crippen LogP contribution in [0.15, 0.2) is 231 Å². The maximum atomic E-state index is 11.1. The van der Waals surface area contributed by atoms with E-state index in [2.05, 4.69) is 178 Å². The Morgan fingerprint density at radius 3 is 1.23 bits per heavy atom. The first kappa shape index (κ1) is 43.0. The van der Waals surface area contributed by atoms with E-state index >= 15 is 0 Å². The summed E-state index contributed by atoms with van der Waals surface area (Å²) < 4.78 is 6.95. The molecule has 14 aromatic rings. The molecule has 346 valence electrons. The van der Waals surface area contributed by atoms with Crippen LogP contribution in [0.5, 0.6) is 0 Å². The third-order valence-electron chi connectivity index (χ3n) is 14.6. The van der Waals surface area contributed by atoms with Crippen molar-refractivity contribution in [1.29, 1.82) is 15.8 Å². The summed E-state index contributed by atoms with van der Waals surface area (Å²) in [6.07, 6.45) is 0. The molecule has 0 N–H and O–H groups in total. The Balaban J connectivity index is 0.912. The Kier molecular flexibility index (Phi) is 9.85. The van der Waals surface area contributed by atoms with E-state index in [1.807, 2.05) is 72.8 Å². The van der Waals surface area contributed by atoms with Crippen molar-refractivity contribution in [3.63, 3.8) is 0 Å². The lowest BCUT2D eigenvalue weighted by Crippen LogP contribution is -1.99. The first-order chi connectivity index (χ1) is 37.1. The molecule has 75 heavy (non-hydrogen) atoms. The standard InChI is InChI=1S/C67H38N8/c68-39-45-13-1-3-15-50(45)59-38-58(71-67(72-59)51-16-4-2-14-46(51)40-69)43-27-25-42(26-28-43)44-29-32-60(47(35-44)41-70)75-65-33-30-48(73-61-21-9-5-17-52(61)53-18-6-10-22-62(53)73)36-56(65)57-37-49(31-34-66(57)75)74-63-23-11-7-19-54(63)55-20-8-12-24-64(55)74/h1-38H. The summed E-state index contributed by atoms with van der Waals surface area (Å²) in [5.41, 5.74) is 16.0. The summed E-state index contributed by atoms with van der Waals surface area (Å²) in [4.78, 5) is 9.88. The molecule has 14 rings (SSSR count). The van der Waals surface area contributed by atoms with Gasteiger partial charge in [-0.05, 0) is 108 Å². The van der Waals surface area contributed by atoms with Crippen molar-refractivity contribution in [2.75, 3.05) is 0 Å². The minimum absolute atomic E-state index is 0.390. The van der Waals surface area contributed by atoms with Gasteiger partial charge in [0.1, 0.15) is 6.07 Å². The summed E-state index contributed by atoms with van der Waals surface area (Å²) >= 11 is 0. The van der Waals surface area contributed by atoms with Crippen LogP contribution in [0.4, 0.5) is 0 Å². The largest absolute Gasteiger partial charge is 0.309 e.